The number of nitrogen functional groups attached to an aromatic ring is 1. The van der Waals surface area contributed by atoms with Gasteiger partial charge in [0.1, 0.15) is 0 Å². The average Bonchev–Trinajstić information content (AvgIpc) is 1.99. The molecule has 1 aromatic carbocycles. The van der Waals surface area contributed by atoms with E-state index in [4.69, 9.17) is 22.2 Å². The number of hydrogen-bond acceptors (Lipinski definition) is 3. The Morgan fingerprint density at radius 1 is 1.45 bits per heavy atom. The molecular formula is C7H8ClNO2. The molecule has 0 aromatic heterocycles. The Morgan fingerprint density at radius 2 is 2.18 bits per heavy atom. The van der Waals surface area contributed by atoms with E-state index in [1.807, 2.05) is 0 Å². The number of nitrogens with two attached hydrogens (primary N) is 1. The van der Waals surface area contributed by atoms with Crippen LogP contribution in [0, 0.1) is 0 Å². The van der Waals surface area contributed by atoms with Crippen molar-refractivity contribution < 1.29 is 9.78 Å². The van der Waals surface area contributed by atoms with Crippen LogP contribution in [-0.4, -0.2) is 7.11 Å². The third kappa shape index (κ3) is 1.76. The lowest BCUT2D eigenvalue weighted by Gasteiger charge is -2.04. The summed E-state index contributed by atoms with van der Waals surface area (Å²) in [4.78, 5) is 9.13. The van der Waals surface area contributed by atoms with Crippen LogP contribution in [0.5, 0.6) is 5.75 Å². The highest BCUT2D eigenvalue weighted by atomic mass is 35.5. The minimum Gasteiger partial charge on any atom is -0.394 e. The molecule has 11 heavy (non-hydrogen) atoms. The van der Waals surface area contributed by atoms with Gasteiger partial charge in [0.2, 0.25) is 0 Å². The summed E-state index contributed by atoms with van der Waals surface area (Å²) in [6, 6.07) is 5.08. The number of para-hydroxylation sites is 1. The van der Waals surface area contributed by atoms with Gasteiger partial charge in [-0.05, 0) is 12.1 Å². The second-order valence-electron chi connectivity index (χ2n) is 1.90. The van der Waals surface area contributed by atoms with Gasteiger partial charge in [-0.3, -0.25) is 0 Å². The SMILES string of the molecule is COOc1cccc(Cl)c1N. The largest absolute Gasteiger partial charge is 0.394 e. The van der Waals surface area contributed by atoms with Gasteiger partial charge in [0.25, 0.3) is 0 Å². The maximum atomic E-state index is 5.69. The quantitative estimate of drug-likeness (QED) is 0.422. The molecule has 60 valence electrons. The monoisotopic (exact) mass is 173 g/mol. The van der Waals surface area contributed by atoms with Crippen LogP contribution in [-0.2, 0) is 4.89 Å². The second kappa shape index (κ2) is 3.46. The first-order valence-corrected chi connectivity index (χ1v) is 3.38. The lowest BCUT2D eigenvalue weighted by atomic mass is 10.3. The Balaban J connectivity index is 2.96. The van der Waals surface area contributed by atoms with E-state index >= 15 is 0 Å². The van der Waals surface area contributed by atoms with E-state index in [0.717, 1.165) is 0 Å². The van der Waals surface area contributed by atoms with Gasteiger partial charge in [0, 0.05) is 0 Å². The fraction of sp³-hybridized carbons (Fsp3) is 0.143. The Hall–Kier alpha value is -0.930. The molecule has 0 heterocycles. The summed E-state index contributed by atoms with van der Waals surface area (Å²) in [7, 11) is 1.40. The molecule has 3 nitrogen and oxygen atoms in total. The van der Waals surface area contributed by atoms with E-state index in [-0.39, 0.29) is 0 Å². The van der Waals surface area contributed by atoms with Crippen LogP contribution in [0.3, 0.4) is 0 Å². The van der Waals surface area contributed by atoms with Crippen LogP contribution >= 0.6 is 11.6 Å². The van der Waals surface area contributed by atoms with Gasteiger partial charge >= 0.3 is 0 Å². The molecule has 0 radical (unpaired) electrons. The summed E-state index contributed by atoms with van der Waals surface area (Å²) in [5.41, 5.74) is 5.92. The predicted molar refractivity (Wildman–Crippen MR) is 43.5 cm³/mol. The van der Waals surface area contributed by atoms with Crippen molar-refractivity contribution in [3.63, 3.8) is 0 Å². The Labute approximate surface area is 69.6 Å². The molecule has 0 fully saturated rings. The maximum Gasteiger partial charge on any atom is 0.189 e. The summed E-state index contributed by atoms with van der Waals surface area (Å²) in [6.07, 6.45) is 0. The van der Waals surface area contributed by atoms with Crippen molar-refractivity contribution in [2.24, 2.45) is 0 Å². The second-order valence-corrected chi connectivity index (χ2v) is 2.31. The van der Waals surface area contributed by atoms with Crippen LogP contribution < -0.4 is 10.6 Å². The molecule has 4 heteroatoms. The van der Waals surface area contributed by atoms with Gasteiger partial charge in [-0.25, -0.2) is 0 Å². The number of hydrogen-bond donors (Lipinski definition) is 1. The summed E-state index contributed by atoms with van der Waals surface area (Å²) >= 11 is 5.69. The lowest BCUT2D eigenvalue weighted by Crippen LogP contribution is -1.96. The zero-order valence-corrected chi connectivity index (χ0v) is 6.76. The zero-order chi connectivity index (χ0) is 8.27. The van der Waals surface area contributed by atoms with Crippen LogP contribution in [0.4, 0.5) is 5.69 Å². The van der Waals surface area contributed by atoms with Gasteiger partial charge in [-0.1, -0.05) is 17.7 Å². The minimum atomic E-state index is 0.385. The highest BCUT2D eigenvalue weighted by Crippen LogP contribution is 2.28. The number of rotatable bonds is 2. The summed E-state index contributed by atoms with van der Waals surface area (Å²) in [6.45, 7) is 0. The van der Waals surface area contributed by atoms with E-state index in [2.05, 4.69) is 4.89 Å². The molecule has 0 saturated carbocycles. The number of halogens is 1. The minimum absolute atomic E-state index is 0.385. The molecule has 0 aliphatic rings. The van der Waals surface area contributed by atoms with Crippen LogP contribution in [0.25, 0.3) is 0 Å². The van der Waals surface area contributed by atoms with E-state index < -0.39 is 0 Å². The van der Waals surface area contributed by atoms with Crippen molar-refractivity contribution >= 4 is 17.3 Å². The molecule has 0 unspecified atom stereocenters. The molecule has 0 bridgehead atoms. The standard InChI is InChI=1S/C7H8ClNO2/c1-10-11-6-4-2-3-5(8)7(6)9/h2-4H,9H2,1H3. The molecule has 0 aliphatic carbocycles. The van der Waals surface area contributed by atoms with E-state index in [0.29, 0.717) is 16.5 Å². The third-order valence-corrected chi connectivity index (χ3v) is 1.52. The molecular weight excluding hydrogens is 166 g/mol. The highest BCUT2D eigenvalue weighted by Gasteiger charge is 2.03. The predicted octanol–water partition coefficient (Wildman–Crippen LogP) is 1.86. The van der Waals surface area contributed by atoms with Gasteiger partial charge in [0.15, 0.2) is 5.75 Å². The molecule has 1 aromatic rings. The summed E-state index contributed by atoms with van der Waals surface area (Å²) in [5.74, 6) is 0.431. The maximum absolute atomic E-state index is 5.69. The Bertz CT molecular complexity index is 252. The van der Waals surface area contributed by atoms with Crippen molar-refractivity contribution in [2.45, 2.75) is 0 Å². The Morgan fingerprint density at radius 3 is 2.82 bits per heavy atom. The lowest BCUT2D eigenvalue weighted by molar-refractivity contribution is -0.177. The van der Waals surface area contributed by atoms with Crippen LogP contribution in [0.2, 0.25) is 5.02 Å². The topological polar surface area (TPSA) is 44.5 Å². The fourth-order valence-corrected chi connectivity index (χ4v) is 0.846. The van der Waals surface area contributed by atoms with Gasteiger partial charge in [0.05, 0.1) is 17.8 Å². The summed E-state index contributed by atoms with van der Waals surface area (Å²) in [5, 5.41) is 0.458. The van der Waals surface area contributed by atoms with Crippen molar-refractivity contribution in [1.82, 2.24) is 0 Å². The third-order valence-electron chi connectivity index (χ3n) is 1.19. The first kappa shape index (κ1) is 8.17. The van der Waals surface area contributed by atoms with Crippen LogP contribution in [0.15, 0.2) is 18.2 Å². The number of benzene rings is 1. The van der Waals surface area contributed by atoms with E-state index in [1.165, 1.54) is 7.11 Å². The molecule has 0 saturated heterocycles. The molecule has 0 atom stereocenters. The molecule has 0 spiro atoms. The normalized spacial score (nSPS) is 9.64. The van der Waals surface area contributed by atoms with E-state index in [1.54, 1.807) is 18.2 Å². The van der Waals surface area contributed by atoms with Crippen molar-refractivity contribution in [3.8, 4) is 5.75 Å². The van der Waals surface area contributed by atoms with E-state index in [9.17, 15) is 0 Å². The fourth-order valence-electron chi connectivity index (χ4n) is 0.680. The first-order chi connectivity index (χ1) is 5.25. The molecule has 0 aliphatic heterocycles. The first-order valence-electron chi connectivity index (χ1n) is 3.00. The molecule has 0 amide bonds. The highest BCUT2D eigenvalue weighted by molar-refractivity contribution is 6.33. The van der Waals surface area contributed by atoms with Gasteiger partial charge in [-0.15, -0.1) is 0 Å². The van der Waals surface area contributed by atoms with Crippen molar-refractivity contribution in [2.75, 3.05) is 12.8 Å². The number of anilines is 1. The van der Waals surface area contributed by atoms with Gasteiger partial charge < -0.3 is 10.6 Å². The van der Waals surface area contributed by atoms with Crippen molar-refractivity contribution in [3.05, 3.63) is 23.2 Å². The Kier molecular flexibility index (Phi) is 2.57. The van der Waals surface area contributed by atoms with Crippen LogP contribution in [0.1, 0.15) is 0 Å². The zero-order valence-electron chi connectivity index (χ0n) is 6.00. The van der Waals surface area contributed by atoms with Crippen molar-refractivity contribution in [1.29, 1.82) is 0 Å². The van der Waals surface area contributed by atoms with Gasteiger partial charge in [-0.2, -0.15) is 4.89 Å². The molecule has 1 rings (SSSR count). The smallest absolute Gasteiger partial charge is 0.189 e. The summed E-state index contributed by atoms with van der Waals surface area (Å²) < 4.78 is 0. The average molecular weight is 174 g/mol. The molecule has 2 N–H and O–H groups in total.